The van der Waals surface area contributed by atoms with E-state index in [1.807, 2.05) is 0 Å². The molecule has 1 heterocycles. The lowest BCUT2D eigenvalue weighted by molar-refractivity contribution is 0.242. The van der Waals surface area contributed by atoms with Gasteiger partial charge in [0, 0.05) is 6.92 Å². The van der Waals surface area contributed by atoms with Crippen molar-refractivity contribution in [3.05, 3.63) is 46.3 Å². The number of benzene rings is 1. The number of rotatable bonds is 5. The number of aliphatic hydroxyl groups excluding tert-OH is 1. The molecule has 1 aromatic carbocycles. The zero-order chi connectivity index (χ0) is 13.8. The third kappa shape index (κ3) is 3.50. The minimum absolute atomic E-state index is 0.0502. The van der Waals surface area contributed by atoms with Gasteiger partial charge in [-0.1, -0.05) is 22.8 Å². The first-order chi connectivity index (χ1) is 9.10. The van der Waals surface area contributed by atoms with Crippen molar-refractivity contribution in [1.29, 1.82) is 0 Å². The van der Waals surface area contributed by atoms with Crippen LogP contribution in [-0.4, -0.2) is 21.9 Å². The van der Waals surface area contributed by atoms with Crippen LogP contribution in [0.2, 0.25) is 5.02 Å². The van der Waals surface area contributed by atoms with Crippen LogP contribution in [0.3, 0.4) is 0 Å². The Hall–Kier alpha value is -1.50. The molecule has 0 saturated carbocycles. The molecule has 0 radical (unpaired) electrons. The number of nitrogens with zero attached hydrogens (tertiary/aromatic N) is 2. The average Bonchev–Trinajstić information content (AvgIpc) is 2.80. The molecule has 0 spiro atoms. The van der Waals surface area contributed by atoms with Crippen LogP contribution in [0.4, 0.5) is 4.39 Å². The van der Waals surface area contributed by atoms with E-state index in [9.17, 15) is 9.50 Å². The van der Waals surface area contributed by atoms with Crippen molar-refractivity contribution in [2.45, 2.75) is 19.5 Å². The zero-order valence-electron chi connectivity index (χ0n) is 10.2. The highest BCUT2D eigenvalue weighted by atomic mass is 35.5. The molecular weight excluding hydrogens is 273 g/mol. The van der Waals surface area contributed by atoms with Crippen LogP contribution in [0.5, 0.6) is 0 Å². The topological polar surface area (TPSA) is 71.2 Å². The lowest BCUT2D eigenvalue weighted by Crippen LogP contribution is -2.24. The summed E-state index contributed by atoms with van der Waals surface area (Å²) in [6, 6.07) is 3.97. The summed E-state index contributed by atoms with van der Waals surface area (Å²) in [7, 11) is 0. The van der Waals surface area contributed by atoms with E-state index in [-0.39, 0.29) is 11.6 Å². The van der Waals surface area contributed by atoms with Crippen molar-refractivity contribution in [1.82, 2.24) is 15.5 Å². The molecule has 19 heavy (non-hydrogen) atoms. The first kappa shape index (κ1) is 13.9. The number of halogens is 2. The van der Waals surface area contributed by atoms with E-state index < -0.39 is 11.9 Å². The minimum atomic E-state index is -0.519. The second kappa shape index (κ2) is 6.10. The first-order valence-electron chi connectivity index (χ1n) is 5.68. The highest BCUT2D eigenvalue weighted by Crippen LogP contribution is 2.20. The minimum Gasteiger partial charge on any atom is -0.394 e. The fourth-order valence-corrected chi connectivity index (χ4v) is 1.76. The maximum absolute atomic E-state index is 13.4. The summed E-state index contributed by atoms with van der Waals surface area (Å²) in [6.07, 6.45) is 0. The monoisotopic (exact) mass is 285 g/mol. The molecule has 0 fully saturated rings. The zero-order valence-corrected chi connectivity index (χ0v) is 11.0. The van der Waals surface area contributed by atoms with Gasteiger partial charge in [-0.05, 0) is 17.7 Å². The largest absolute Gasteiger partial charge is 0.394 e. The Morgan fingerprint density at radius 3 is 2.89 bits per heavy atom. The van der Waals surface area contributed by atoms with Crippen LogP contribution in [0.15, 0.2) is 22.7 Å². The summed E-state index contributed by atoms with van der Waals surface area (Å²) >= 11 is 5.61. The van der Waals surface area contributed by atoms with Gasteiger partial charge in [0.15, 0.2) is 5.82 Å². The fraction of sp³-hybridized carbons (Fsp3) is 0.333. The van der Waals surface area contributed by atoms with Gasteiger partial charge in [0.1, 0.15) is 5.82 Å². The Kier molecular flexibility index (Phi) is 4.47. The lowest BCUT2D eigenvalue weighted by atomic mass is 10.1. The third-order valence-electron chi connectivity index (χ3n) is 2.60. The summed E-state index contributed by atoms with van der Waals surface area (Å²) in [4.78, 5) is 4.03. The van der Waals surface area contributed by atoms with E-state index >= 15 is 0 Å². The number of aryl methyl sites for hydroxylation is 1. The number of hydrogen-bond donors (Lipinski definition) is 2. The van der Waals surface area contributed by atoms with Gasteiger partial charge in [-0.3, -0.25) is 0 Å². The second-order valence-corrected chi connectivity index (χ2v) is 4.43. The maximum atomic E-state index is 13.4. The van der Waals surface area contributed by atoms with Gasteiger partial charge >= 0.3 is 0 Å². The molecule has 0 bridgehead atoms. The van der Waals surface area contributed by atoms with Gasteiger partial charge in [0.2, 0.25) is 5.89 Å². The second-order valence-electron chi connectivity index (χ2n) is 4.02. The molecule has 2 aromatic rings. The Bertz CT molecular complexity index is 562. The molecule has 7 heteroatoms. The predicted molar refractivity (Wildman–Crippen MR) is 67.1 cm³/mol. The van der Waals surface area contributed by atoms with Gasteiger partial charge in [0.25, 0.3) is 0 Å². The molecule has 0 saturated heterocycles. The van der Waals surface area contributed by atoms with Crippen LogP contribution in [0, 0.1) is 12.7 Å². The van der Waals surface area contributed by atoms with Gasteiger partial charge in [-0.15, -0.1) is 0 Å². The van der Waals surface area contributed by atoms with Gasteiger partial charge in [-0.25, -0.2) is 4.39 Å². The van der Waals surface area contributed by atoms with Crippen molar-refractivity contribution in [2.75, 3.05) is 6.61 Å². The number of nitrogens with one attached hydrogen (secondary N) is 1. The summed E-state index contributed by atoms with van der Waals surface area (Å²) in [6.45, 7) is 1.82. The normalized spacial score (nSPS) is 12.6. The fourth-order valence-electron chi connectivity index (χ4n) is 1.64. The number of aromatic nitrogens is 2. The predicted octanol–water partition coefficient (Wildman–Crippen LogP) is 1.99. The van der Waals surface area contributed by atoms with Gasteiger partial charge < -0.3 is 14.9 Å². The molecule has 1 aromatic heterocycles. The molecule has 5 nitrogen and oxygen atoms in total. The maximum Gasteiger partial charge on any atom is 0.223 e. The third-order valence-corrected chi connectivity index (χ3v) is 2.91. The summed E-state index contributed by atoms with van der Waals surface area (Å²) in [5.41, 5.74) is 0.601. The van der Waals surface area contributed by atoms with Gasteiger partial charge in [0.05, 0.1) is 24.2 Å². The first-order valence-corrected chi connectivity index (χ1v) is 6.06. The van der Waals surface area contributed by atoms with E-state index in [1.54, 1.807) is 13.0 Å². The van der Waals surface area contributed by atoms with Crippen LogP contribution >= 0.6 is 11.6 Å². The average molecular weight is 286 g/mol. The summed E-state index contributed by atoms with van der Waals surface area (Å²) in [5, 5.41) is 16.1. The van der Waals surface area contributed by atoms with E-state index in [0.717, 1.165) is 0 Å². The van der Waals surface area contributed by atoms with Crippen molar-refractivity contribution in [2.24, 2.45) is 0 Å². The lowest BCUT2D eigenvalue weighted by Gasteiger charge is -2.15. The molecule has 102 valence electrons. The quantitative estimate of drug-likeness (QED) is 0.879. The van der Waals surface area contributed by atoms with E-state index in [0.29, 0.717) is 23.8 Å². The standard InChI is InChI=1S/C12H13ClFN3O2/c1-7-16-12(17-19-7)5-15-11(6-18)8-2-3-9(13)10(14)4-8/h2-4,11,15,18H,5-6H2,1H3. The summed E-state index contributed by atoms with van der Waals surface area (Å²) in [5.74, 6) is 0.426. The van der Waals surface area contributed by atoms with Crippen molar-refractivity contribution in [3.8, 4) is 0 Å². The van der Waals surface area contributed by atoms with Crippen molar-refractivity contribution >= 4 is 11.6 Å². The number of aliphatic hydroxyl groups is 1. The Morgan fingerprint density at radius 1 is 1.53 bits per heavy atom. The van der Waals surface area contributed by atoms with Crippen LogP contribution in [0.25, 0.3) is 0 Å². The molecule has 0 aliphatic rings. The molecule has 0 aliphatic carbocycles. The molecule has 2 rings (SSSR count). The van der Waals surface area contributed by atoms with Crippen LogP contribution < -0.4 is 5.32 Å². The van der Waals surface area contributed by atoms with Crippen LogP contribution in [-0.2, 0) is 6.54 Å². The Morgan fingerprint density at radius 2 is 2.32 bits per heavy atom. The molecule has 0 amide bonds. The van der Waals surface area contributed by atoms with E-state index in [1.165, 1.54) is 12.1 Å². The summed E-state index contributed by atoms with van der Waals surface area (Å²) < 4.78 is 18.2. The SMILES string of the molecule is Cc1nc(CNC(CO)c2ccc(Cl)c(F)c2)no1. The number of hydrogen-bond acceptors (Lipinski definition) is 5. The van der Waals surface area contributed by atoms with Crippen molar-refractivity contribution < 1.29 is 14.0 Å². The molecule has 1 atom stereocenters. The Labute approximate surface area is 114 Å². The molecule has 0 aliphatic heterocycles. The van der Waals surface area contributed by atoms with Crippen molar-refractivity contribution in [3.63, 3.8) is 0 Å². The molecule has 1 unspecified atom stereocenters. The van der Waals surface area contributed by atoms with E-state index in [4.69, 9.17) is 16.1 Å². The molecular formula is C12H13ClFN3O2. The highest BCUT2D eigenvalue weighted by Gasteiger charge is 2.13. The molecule has 2 N–H and O–H groups in total. The smallest absolute Gasteiger partial charge is 0.223 e. The highest BCUT2D eigenvalue weighted by molar-refractivity contribution is 6.30. The van der Waals surface area contributed by atoms with Crippen LogP contribution in [0.1, 0.15) is 23.3 Å². The van der Waals surface area contributed by atoms with E-state index in [2.05, 4.69) is 15.5 Å². The van der Waals surface area contributed by atoms with Gasteiger partial charge in [-0.2, -0.15) is 4.98 Å². The Balaban J connectivity index is 2.05.